The van der Waals surface area contributed by atoms with Crippen molar-refractivity contribution in [2.45, 2.75) is 19.9 Å². The van der Waals surface area contributed by atoms with Crippen molar-refractivity contribution < 1.29 is 13.2 Å². The van der Waals surface area contributed by atoms with Crippen LogP contribution in [-0.2, 0) is 14.8 Å². The second-order valence-electron chi connectivity index (χ2n) is 7.33. The van der Waals surface area contributed by atoms with E-state index in [2.05, 4.69) is 5.32 Å². The van der Waals surface area contributed by atoms with Crippen LogP contribution in [0.4, 0.5) is 5.69 Å². The molecule has 30 heavy (non-hydrogen) atoms. The highest BCUT2D eigenvalue weighted by Crippen LogP contribution is 2.23. The zero-order chi connectivity index (χ0) is 21.7. The van der Waals surface area contributed by atoms with Crippen molar-refractivity contribution in [3.8, 4) is 11.1 Å². The van der Waals surface area contributed by atoms with E-state index in [4.69, 9.17) is 0 Å². The molecule has 0 unspecified atom stereocenters. The van der Waals surface area contributed by atoms with E-state index >= 15 is 0 Å². The number of benzene rings is 3. The van der Waals surface area contributed by atoms with Crippen LogP contribution >= 0.6 is 0 Å². The molecule has 1 atom stereocenters. The summed E-state index contributed by atoms with van der Waals surface area (Å²) in [4.78, 5) is 12.6. The third kappa shape index (κ3) is 5.27. The highest BCUT2D eigenvalue weighted by atomic mass is 32.2. The van der Waals surface area contributed by atoms with Crippen molar-refractivity contribution in [1.82, 2.24) is 5.32 Å². The normalized spacial score (nSPS) is 12.2. The lowest BCUT2D eigenvalue weighted by atomic mass is 10.0. The summed E-state index contributed by atoms with van der Waals surface area (Å²) in [5, 5.41) is 2.90. The number of anilines is 1. The van der Waals surface area contributed by atoms with Gasteiger partial charge in [0.25, 0.3) is 0 Å². The quantitative estimate of drug-likeness (QED) is 0.617. The van der Waals surface area contributed by atoms with Gasteiger partial charge in [-0.2, -0.15) is 0 Å². The first-order valence-corrected chi connectivity index (χ1v) is 11.6. The summed E-state index contributed by atoms with van der Waals surface area (Å²) in [6.07, 6.45) is 1.11. The molecule has 0 aliphatic carbocycles. The fraction of sp³-hybridized carbons (Fsp3) is 0.208. The highest BCUT2D eigenvalue weighted by molar-refractivity contribution is 7.92. The Hall–Kier alpha value is -3.12. The molecule has 1 amide bonds. The molecule has 0 aliphatic heterocycles. The molecule has 0 fully saturated rings. The van der Waals surface area contributed by atoms with Gasteiger partial charge in [0.15, 0.2) is 0 Å². The topological polar surface area (TPSA) is 66.5 Å². The number of hydrogen-bond acceptors (Lipinski definition) is 3. The van der Waals surface area contributed by atoms with Crippen molar-refractivity contribution in [3.63, 3.8) is 0 Å². The third-order valence-corrected chi connectivity index (χ3v) is 6.09. The Labute approximate surface area is 178 Å². The molecule has 6 heteroatoms. The molecule has 0 saturated carbocycles. The molecule has 0 aliphatic rings. The van der Waals surface area contributed by atoms with E-state index in [0.717, 1.165) is 32.8 Å². The maximum absolute atomic E-state index is 12.6. The van der Waals surface area contributed by atoms with Crippen LogP contribution in [0.5, 0.6) is 0 Å². The first kappa shape index (κ1) is 21.6. The number of nitrogens with zero attached hydrogens (tertiary/aromatic N) is 1. The Balaban J connectivity index is 1.71. The van der Waals surface area contributed by atoms with Crippen molar-refractivity contribution in [2.24, 2.45) is 0 Å². The van der Waals surface area contributed by atoms with E-state index in [1.165, 1.54) is 0 Å². The second-order valence-corrected chi connectivity index (χ2v) is 9.24. The van der Waals surface area contributed by atoms with E-state index in [0.29, 0.717) is 5.69 Å². The molecule has 3 rings (SSSR count). The Morgan fingerprint density at radius 1 is 0.900 bits per heavy atom. The van der Waals surface area contributed by atoms with Gasteiger partial charge in [0.1, 0.15) is 6.54 Å². The fourth-order valence-corrected chi connectivity index (χ4v) is 4.23. The predicted octanol–water partition coefficient (Wildman–Crippen LogP) is 4.31. The molecule has 0 bridgehead atoms. The Morgan fingerprint density at radius 2 is 1.47 bits per heavy atom. The van der Waals surface area contributed by atoms with Crippen LogP contribution in [0.25, 0.3) is 11.1 Å². The number of nitrogens with one attached hydrogen (secondary N) is 1. The van der Waals surface area contributed by atoms with Gasteiger partial charge in [-0.05, 0) is 42.2 Å². The zero-order valence-corrected chi connectivity index (χ0v) is 18.2. The lowest BCUT2D eigenvalue weighted by molar-refractivity contribution is -0.120. The molecule has 156 valence electrons. The summed E-state index contributed by atoms with van der Waals surface area (Å²) in [5.74, 6) is -0.358. The maximum Gasteiger partial charge on any atom is 0.241 e. The number of aryl methyl sites for hydroxylation is 1. The minimum Gasteiger partial charge on any atom is -0.348 e. The summed E-state index contributed by atoms with van der Waals surface area (Å²) in [6, 6.07) is 24.9. The van der Waals surface area contributed by atoms with E-state index < -0.39 is 10.0 Å². The van der Waals surface area contributed by atoms with Crippen LogP contribution < -0.4 is 9.62 Å². The monoisotopic (exact) mass is 422 g/mol. The van der Waals surface area contributed by atoms with Crippen molar-refractivity contribution in [3.05, 3.63) is 90.0 Å². The summed E-state index contributed by atoms with van der Waals surface area (Å²) in [7, 11) is -3.60. The van der Waals surface area contributed by atoms with Gasteiger partial charge in [0, 0.05) is 0 Å². The molecule has 0 saturated heterocycles. The smallest absolute Gasteiger partial charge is 0.241 e. The first-order chi connectivity index (χ1) is 14.3. The largest absolute Gasteiger partial charge is 0.348 e. The highest BCUT2D eigenvalue weighted by Gasteiger charge is 2.23. The molecule has 0 aromatic heterocycles. The summed E-state index contributed by atoms with van der Waals surface area (Å²) in [5.41, 5.74) is 4.48. The molecule has 0 spiro atoms. The Bertz CT molecular complexity index is 1110. The molecule has 1 N–H and O–H groups in total. The number of hydrogen-bond donors (Lipinski definition) is 1. The molecular formula is C24H26N2O3S. The van der Waals surface area contributed by atoms with Crippen LogP contribution in [-0.4, -0.2) is 27.1 Å². The van der Waals surface area contributed by atoms with E-state index in [1.54, 1.807) is 12.1 Å². The minimum absolute atomic E-state index is 0.249. The summed E-state index contributed by atoms with van der Waals surface area (Å²) >= 11 is 0. The van der Waals surface area contributed by atoms with Crippen LogP contribution in [0.3, 0.4) is 0 Å². The number of para-hydroxylation sites is 1. The van der Waals surface area contributed by atoms with Gasteiger partial charge in [0.2, 0.25) is 15.9 Å². The maximum atomic E-state index is 12.6. The van der Waals surface area contributed by atoms with Crippen LogP contribution in [0.2, 0.25) is 0 Å². The SMILES string of the molecule is Cc1ccccc1N(CC(=O)N[C@H](C)c1ccc(-c2ccccc2)cc1)S(C)(=O)=O. The fourth-order valence-electron chi connectivity index (χ4n) is 3.32. The third-order valence-electron chi connectivity index (χ3n) is 4.97. The molecule has 0 heterocycles. The lowest BCUT2D eigenvalue weighted by Crippen LogP contribution is -2.41. The number of sulfonamides is 1. The van der Waals surface area contributed by atoms with Gasteiger partial charge < -0.3 is 5.32 Å². The van der Waals surface area contributed by atoms with Gasteiger partial charge in [0.05, 0.1) is 18.0 Å². The van der Waals surface area contributed by atoms with E-state index in [-0.39, 0.29) is 18.5 Å². The van der Waals surface area contributed by atoms with Crippen LogP contribution in [0.15, 0.2) is 78.9 Å². The molecule has 3 aromatic rings. The van der Waals surface area contributed by atoms with Crippen LogP contribution in [0, 0.1) is 6.92 Å². The Kier molecular flexibility index (Phi) is 6.57. The van der Waals surface area contributed by atoms with Crippen molar-refractivity contribution >= 4 is 21.6 Å². The minimum atomic E-state index is -3.60. The van der Waals surface area contributed by atoms with Gasteiger partial charge in [-0.15, -0.1) is 0 Å². The van der Waals surface area contributed by atoms with Gasteiger partial charge >= 0.3 is 0 Å². The van der Waals surface area contributed by atoms with Gasteiger partial charge in [-0.3, -0.25) is 9.10 Å². The zero-order valence-electron chi connectivity index (χ0n) is 17.4. The number of carbonyl (C=O) groups is 1. The summed E-state index contributed by atoms with van der Waals surface area (Å²) < 4.78 is 25.7. The van der Waals surface area contributed by atoms with Gasteiger partial charge in [-0.1, -0.05) is 72.8 Å². The van der Waals surface area contributed by atoms with Gasteiger partial charge in [-0.25, -0.2) is 8.42 Å². The first-order valence-electron chi connectivity index (χ1n) is 9.74. The van der Waals surface area contributed by atoms with Crippen LogP contribution in [0.1, 0.15) is 24.1 Å². The second kappa shape index (κ2) is 9.13. The number of amides is 1. The average Bonchev–Trinajstić information content (AvgIpc) is 2.72. The van der Waals surface area contributed by atoms with Crippen molar-refractivity contribution in [1.29, 1.82) is 0 Å². The lowest BCUT2D eigenvalue weighted by Gasteiger charge is -2.24. The standard InChI is InChI=1S/C24H26N2O3S/c1-18-9-7-8-12-23(18)26(30(3,28)29)17-24(27)25-19(2)20-13-15-22(16-14-20)21-10-5-4-6-11-21/h4-16,19H,17H2,1-3H3,(H,25,27)/t19-/m1/s1. The predicted molar refractivity (Wildman–Crippen MR) is 122 cm³/mol. The summed E-state index contributed by atoms with van der Waals surface area (Å²) in [6.45, 7) is 3.44. The van der Waals surface area contributed by atoms with Crippen molar-refractivity contribution in [2.75, 3.05) is 17.1 Å². The average molecular weight is 423 g/mol. The molecular weight excluding hydrogens is 396 g/mol. The number of carbonyl (C=O) groups excluding carboxylic acids is 1. The van der Waals surface area contributed by atoms with E-state index in [9.17, 15) is 13.2 Å². The molecule has 3 aromatic carbocycles. The Morgan fingerprint density at radius 3 is 2.07 bits per heavy atom. The molecule has 5 nitrogen and oxygen atoms in total. The molecule has 0 radical (unpaired) electrons. The number of rotatable bonds is 7. The van der Waals surface area contributed by atoms with E-state index in [1.807, 2.05) is 80.6 Å².